The summed E-state index contributed by atoms with van der Waals surface area (Å²) in [5.41, 5.74) is 1.01. The number of benzene rings is 2. The molecule has 1 N–H and O–H groups in total. The predicted octanol–water partition coefficient (Wildman–Crippen LogP) is 4.78. The van der Waals surface area contributed by atoms with E-state index in [1.165, 1.54) is 0 Å². The zero-order valence-electron chi connectivity index (χ0n) is 16.0. The zero-order valence-corrected chi connectivity index (χ0v) is 16.7. The van der Waals surface area contributed by atoms with Crippen molar-refractivity contribution < 1.29 is 19.0 Å². The number of halogens is 1. The standard InChI is InChI=1S/C21H24ClNO4/c1-5-26-18-9-6-13(10-16(18)22)20(24)23-17-12-21(2,3)27-19-11-14(25-4)7-8-15(17)19/h6-11,17H,5,12H2,1-4H3,(H,23,24)/t17-/m0/s1. The Balaban J connectivity index is 1.84. The molecule has 0 aliphatic carbocycles. The van der Waals surface area contributed by atoms with Crippen molar-refractivity contribution in [2.45, 2.75) is 38.8 Å². The van der Waals surface area contributed by atoms with E-state index >= 15 is 0 Å². The van der Waals surface area contributed by atoms with E-state index < -0.39 is 5.60 Å². The maximum absolute atomic E-state index is 12.8. The summed E-state index contributed by atoms with van der Waals surface area (Å²) in [4.78, 5) is 12.8. The third-order valence-electron chi connectivity index (χ3n) is 4.48. The van der Waals surface area contributed by atoms with Gasteiger partial charge in [-0.25, -0.2) is 0 Å². The summed E-state index contributed by atoms with van der Waals surface area (Å²) in [5.74, 6) is 1.82. The molecule has 27 heavy (non-hydrogen) atoms. The van der Waals surface area contributed by atoms with Crippen molar-refractivity contribution in [2.24, 2.45) is 0 Å². The molecule has 144 valence electrons. The van der Waals surface area contributed by atoms with Crippen molar-refractivity contribution in [1.29, 1.82) is 0 Å². The third kappa shape index (κ3) is 4.30. The molecule has 0 bridgehead atoms. The first-order valence-corrected chi connectivity index (χ1v) is 9.31. The number of nitrogens with one attached hydrogen (secondary N) is 1. The molecule has 0 spiro atoms. The Morgan fingerprint density at radius 1 is 1.30 bits per heavy atom. The van der Waals surface area contributed by atoms with Crippen LogP contribution in [-0.4, -0.2) is 25.2 Å². The van der Waals surface area contributed by atoms with Gasteiger partial charge in [-0.15, -0.1) is 0 Å². The van der Waals surface area contributed by atoms with Crippen LogP contribution in [0.3, 0.4) is 0 Å². The van der Waals surface area contributed by atoms with Crippen LogP contribution < -0.4 is 19.5 Å². The summed E-state index contributed by atoms with van der Waals surface area (Å²) in [6.07, 6.45) is 0.656. The number of ether oxygens (including phenoxy) is 3. The first-order valence-electron chi connectivity index (χ1n) is 8.93. The fraction of sp³-hybridized carbons (Fsp3) is 0.381. The molecule has 0 radical (unpaired) electrons. The van der Waals surface area contributed by atoms with Crippen molar-refractivity contribution in [1.82, 2.24) is 5.32 Å². The van der Waals surface area contributed by atoms with Gasteiger partial charge in [0.2, 0.25) is 0 Å². The fourth-order valence-corrected chi connectivity index (χ4v) is 3.48. The Hall–Kier alpha value is -2.40. The van der Waals surface area contributed by atoms with Crippen LogP contribution in [0.2, 0.25) is 5.02 Å². The van der Waals surface area contributed by atoms with Gasteiger partial charge in [0, 0.05) is 23.6 Å². The van der Waals surface area contributed by atoms with E-state index in [-0.39, 0.29) is 11.9 Å². The average Bonchev–Trinajstić information content (AvgIpc) is 2.62. The van der Waals surface area contributed by atoms with E-state index in [2.05, 4.69) is 5.32 Å². The smallest absolute Gasteiger partial charge is 0.251 e. The van der Waals surface area contributed by atoms with Crippen molar-refractivity contribution in [3.05, 3.63) is 52.5 Å². The molecule has 6 heteroatoms. The number of hydrogen-bond acceptors (Lipinski definition) is 4. The van der Waals surface area contributed by atoms with Crippen LogP contribution in [0.4, 0.5) is 0 Å². The minimum atomic E-state index is -0.409. The van der Waals surface area contributed by atoms with Gasteiger partial charge >= 0.3 is 0 Å². The number of fused-ring (bicyclic) bond motifs is 1. The SMILES string of the molecule is CCOc1ccc(C(=O)N[C@H]2CC(C)(C)Oc3cc(OC)ccc32)cc1Cl. The molecule has 1 atom stereocenters. The number of carbonyl (C=O) groups is 1. The Morgan fingerprint density at radius 2 is 2.07 bits per heavy atom. The summed E-state index contributed by atoms with van der Waals surface area (Å²) >= 11 is 6.22. The van der Waals surface area contributed by atoms with E-state index in [0.29, 0.717) is 29.4 Å². The van der Waals surface area contributed by atoms with Crippen molar-refractivity contribution >= 4 is 17.5 Å². The van der Waals surface area contributed by atoms with E-state index in [4.69, 9.17) is 25.8 Å². The van der Waals surface area contributed by atoms with Gasteiger partial charge in [-0.2, -0.15) is 0 Å². The fourth-order valence-electron chi connectivity index (χ4n) is 3.24. The van der Waals surface area contributed by atoms with Gasteiger partial charge in [-0.05, 0) is 51.1 Å². The lowest BCUT2D eigenvalue weighted by atomic mass is 9.89. The molecule has 1 heterocycles. The molecule has 2 aromatic rings. The van der Waals surface area contributed by atoms with Crippen LogP contribution in [0.1, 0.15) is 49.2 Å². The highest BCUT2D eigenvalue weighted by atomic mass is 35.5. The largest absolute Gasteiger partial charge is 0.497 e. The molecule has 1 aliphatic rings. The first kappa shape index (κ1) is 19.4. The van der Waals surface area contributed by atoms with Gasteiger partial charge in [-0.3, -0.25) is 4.79 Å². The summed E-state index contributed by atoms with van der Waals surface area (Å²) in [6.45, 7) is 6.41. The molecule has 0 fully saturated rings. The van der Waals surface area contributed by atoms with Crippen LogP contribution in [0.25, 0.3) is 0 Å². The summed E-state index contributed by atoms with van der Waals surface area (Å²) in [5, 5.41) is 3.52. The van der Waals surface area contributed by atoms with Gasteiger partial charge in [0.15, 0.2) is 0 Å². The third-order valence-corrected chi connectivity index (χ3v) is 4.77. The molecule has 0 saturated carbocycles. The molecule has 5 nitrogen and oxygen atoms in total. The van der Waals surface area contributed by atoms with Crippen LogP contribution in [0.5, 0.6) is 17.2 Å². The predicted molar refractivity (Wildman–Crippen MR) is 105 cm³/mol. The second-order valence-electron chi connectivity index (χ2n) is 7.07. The van der Waals surface area contributed by atoms with E-state index in [1.807, 2.05) is 39.0 Å². The average molecular weight is 390 g/mol. The molecule has 2 aromatic carbocycles. The normalized spacial score (nSPS) is 17.4. The lowest BCUT2D eigenvalue weighted by Gasteiger charge is -2.38. The van der Waals surface area contributed by atoms with E-state index in [0.717, 1.165) is 17.1 Å². The van der Waals surface area contributed by atoms with Crippen LogP contribution >= 0.6 is 11.6 Å². The highest BCUT2D eigenvalue weighted by Crippen LogP contribution is 2.41. The second kappa shape index (κ2) is 7.69. The molecular formula is C21H24ClNO4. The summed E-state index contributed by atoms with van der Waals surface area (Å²) in [7, 11) is 1.62. The van der Waals surface area contributed by atoms with Crippen molar-refractivity contribution in [2.75, 3.05) is 13.7 Å². The van der Waals surface area contributed by atoms with Crippen LogP contribution in [0.15, 0.2) is 36.4 Å². The number of amides is 1. The monoisotopic (exact) mass is 389 g/mol. The molecular weight excluding hydrogens is 366 g/mol. The molecule has 0 aromatic heterocycles. The maximum Gasteiger partial charge on any atom is 0.251 e. The molecule has 1 aliphatic heterocycles. The minimum absolute atomic E-state index is 0.174. The van der Waals surface area contributed by atoms with Crippen LogP contribution in [0, 0.1) is 0 Å². The lowest BCUT2D eigenvalue weighted by Crippen LogP contribution is -2.41. The summed E-state index contributed by atoms with van der Waals surface area (Å²) < 4.78 is 16.8. The van der Waals surface area contributed by atoms with Gasteiger partial charge in [0.25, 0.3) is 5.91 Å². The van der Waals surface area contributed by atoms with Gasteiger partial charge in [0.05, 0.1) is 24.8 Å². The van der Waals surface area contributed by atoms with Crippen molar-refractivity contribution in [3.8, 4) is 17.2 Å². The second-order valence-corrected chi connectivity index (χ2v) is 7.48. The highest BCUT2D eigenvalue weighted by Gasteiger charge is 2.35. The van der Waals surface area contributed by atoms with E-state index in [1.54, 1.807) is 25.3 Å². The first-order chi connectivity index (χ1) is 12.8. The highest BCUT2D eigenvalue weighted by molar-refractivity contribution is 6.32. The number of methoxy groups -OCH3 is 1. The molecule has 0 unspecified atom stereocenters. The lowest BCUT2D eigenvalue weighted by molar-refractivity contribution is 0.0617. The molecule has 0 saturated heterocycles. The van der Waals surface area contributed by atoms with E-state index in [9.17, 15) is 4.79 Å². The quantitative estimate of drug-likeness (QED) is 0.799. The van der Waals surface area contributed by atoms with Crippen molar-refractivity contribution in [3.63, 3.8) is 0 Å². The minimum Gasteiger partial charge on any atom is -0.497 e. The Labute approximate surface area is 164 Å². The molecule has 3 rings (SSSR count). The van der Waals surface area contributed by atoms with Gasteiger partial charge in [0.1, 0.15) is 22.8 Å². The number of rotatable bonds is 5. The Morgan fingerprint density at radius 3 is 2.74 bits per heavy atom. The Kier molecular flexibility index (Phi) is 5.51. The number of carbonyl (C=O) groups excluding carboxylic acids is 1. The van der Waals surface area contributed by atoms with Gasteiger partial charge in [-0.1, -0.05) is 11.6 Å². The summed E-state index contributed by atoms with van der Waals surface area (Å²) in [6, 6.07) is 10.5. The Bertz CT molecular complexity index is 850. The molecule has 1 amide bonds. The number of hydrogen-bond donors (Lipinski definition) is 1. The zero-order chi connectivity index (χ0) is 19.6. The maximum atomic E-state index is 12.8. The topological polar surface area (TPSA) is 56.8 Å². The van der Waals surface area contributed by atoms with Crippen LogP contribution in [-0.2, 0) is 0 Å². The van der Waals surface area contributed by atoms with Gasteiger partial charge < -0.3 is 19.5 Å².